The van der Waals surface area contributed by atoms with E-state index in [4.69, 9.17) is 15.7 Å². The number of rotatable bonds is 6. The first-order chi connectivity index (χ1) is 8.88. The number of para-hydroxylation sites is 1. The number of benzene rings is 1. The molecule has 4 nitrogen and oxygen atoms in total. The quantitative estimate of drug-likeness (QED) is 0.272. The SMILES string of the molecule is Cc1cccc(C)c1OCCCC(C)(C)C(N)=NO. The molecule has 1 rings (SSSR count). The maximum absolute atomic E-state index is 8.71. The molecule has 4 heteroatoms. The lowest BCUT2D eigenvalue weighted by Gasteiger charge is -2.22. The minimum atomic E-state index is -0.307. The number of nitrogens with zero attached hydrogens (tertiary/aromatic N) is 1. The molecule has 3 N–H and O–H groups in total. The molecule has 0 aliphatic rings. The topological polar surface area (TPSA) is 67.8 Å². The van der Waals surface area contributed by atoms with Crippen LogP contribution in [0.3, 0.4) is 0 Å². The Hall–Kier alpha value is -1.71. The number of hydrogen-bond acceptors (Lipinski definition) is 3. The van der Waals surface area contributed by atoms with Gasteiger partial charge in [-0.25, -0.2) is 0 Å². The summed E-state index contributed by atoms with van der Waals surface area (Å²) < 4.78 is 5.83. The van der Waals surface area contributed by atoms with Gasteiger partial charge in [0, 0.05) is 5.41 Å². The van der Waals surface area contributed by atoms with Crippen molar-refractivity contribution in [1.82, 2.24) is 0 Å². The zero-order valence-electron chi connectivity index (χ0n) is 12.2. The Labute approximate surface area is 115 Å². The van der Waals surface area contributed by atoms with Gasteiger partial charge in [0.15, 0.2) is 0 Å². The standard InChI is InChI=1S/C15H24N2O2/c1-11-7-5-8-12(2)13(11)19-10-6-9-15(3,4)14(16)17-18/h5,7-8,18H,6,9-10H2,1-4H3,(H2,16,17). The van der Waals surface area contributed by atoms with Gasteiger partial charge < -0.3 is 15.7 Å². The van der Waals surface area contributed by atoms with Gasteiger partial charge >= 0.3 is 0 Å². The van der Waals surface area contributed by atoms with Gasteiger partial charge in [0.2, 0.25) is 0 Å². The van der Waals surface area contributed by atoms with Gasteiger partial charge in [0.25, 0.3) is 0 Å². The summed E-state index contributed by atoms with van der Waals surface area (Å²) in [7, 11) is 0. The minimum Gasteiger partial charge on any atom is -0.493 e. The molecular formula is C15H24N2O2. The molecule has 0 bridgehead atoms. The molecule has 1 aromatic rings. The van der Waals surface area contributed by atoms with E-state index in [9.17, 15) is 0 Å². The second-order valence-electron chi connectivity index (χ2n) is 5.54. The maximum Gasteiger partial charge on any atom is 0.144 e. The average Bonchev–Trinajstić information content (AvgIpc) is 2.36. The minimum absolute atomic E-state index is 0.263. The van der Waals surface area contributed by atoms with Crippen molar-refractivity contribution >= 4 is 5.84 Å². The summed E-state index contributed by atoms with van der Waals surface area (Å²) in [6.45, 7) is 8.64. The van der Waals surface area contributed by atoms with Crippen molar-refractivity contribution in [3.8, 4) is 5.75 Å². The third kappa shape index (κ3) is 4.16. The first-order valence-corrected chi connectivity index (χ1v) is 6.55. The van der Waals surface area contributed by atoms with Gasteiger partial charge in [-0.2, -0.15) is 0 Å². The van der Waals surface area contributed by atoms with E-state index in [2.05, 4.69) is 5.16 Å². The van der Waals surface area contributed by atoms with E-state index in [1.54, 1.807) is 0 Å². The lowest BCUT2D eigenvalue weighted by molar-refractivity contribution is 0.275. The van der Waals surface area contributed by atoms with Gasteiger partial charge in [-0.05, 0) is 37.8 Å². The fourth-order valence-corrected chi connectivity index (χ4v) is 1.98. The number of oxime groups is 1. The Morgan fingerprint density at radius 3 is 2.42 bits per heavy atom. The predicted molar refractivity (Wildman–Crippen MR) is 77.8 cm³/mol. The summed E-state index contributed by atoms with van der Waals surface area (Å²) in [5.74, 6) is 1.23. The van der Waals surface area contributed by atoms with Crippen molar-refractivity contribution in [2.24, 2.45) is 16.3 Å². The Kier molecular flexibility index (Phi) is 5.21. The predicted octanol–water partition coefficient (Wildman–Crippen LogP) is 3.24. The van der Waals surface area contributed by atoms with E-state index in [1.165, 1.54) is 0 Å². The molecule has 0 amide bonds. The molecule has 0 aliphatic heterocycles. The molecule has 0 saturated carbocycles. The number of amidine groups is 1. The zero-order valence-corrected chi connectivity index (χ0v) is 12.2. The van der Waals surface area contributed by atoms with E-state index >= 15 is 0 Å². The van der Waals surface area contributed by atoms with Crippen LogP contribution in [-0.4, -0.2) is 17.6 Å². The van der Waals surface area contributed by atoms with E-state index in [0.717, 1.165) is 29.7 Å². The third-order valence-electron chi connectivity index (χ3n) is 3.40. The lowest BCUT2D eigenvalue weighted by Crippen LogP contribution is -2.32. The largest absolute Gasteiger partial charge is 0.493 e. The van der Waals surface area contributed by atoms with Gasteiger partial charge in [-0.15, -0.1) is 0 Å². The molecule has 106 valence electrons. The van der Waals surface area contributed by atoms with Crippen LogP contribution in [0.1, 0.15) is 37.8 Å². The fourth-order valence-electron chi connectivity index (χ4n) is 1.98. The highest BCUT2D eigenvalue weighted by Crippen LogP contribution is 2.25. The number of hydrogen-bond donors (Lipinski definition) is 2. The molecule has 0 heterocycles. The van der Waals surface area contributed by atoms with Crippen LogP contribution in [0.2, 0.25) is 0 Å². The lowest BCUT2D eigenvalue weighted by atomic mass is 9.87. The Bertz CT molecular complexity index is 433. The fraction of sp³-hybridized carbons (Fsp3) is 0.533. The van der Waals surface area contributed by atoms with Crippen molar-refractivity contribution in [3.05, 3.63) is 29.3 Å². The second kappa shape index (κ2) is 6.45. The molecule has 1 aromatic carbocycles. The Balaban J connectivity index is 2.48. The van der Waals surface area contributed by atoms with E-state index in [1.807, 2.05) is 45.9 Å². The van der Waals surface area contributed by atoms with Crippen LogP contribution in [0, 0.1) is 19.3 Å². The normalized spacial score (nSPS) is 12.5. The van der Waals surface area contributed by atoms with Crippen LogP contribution in [0.25, 0.3) is 0 Å². The zero-order chi connectivity index (χ0) is 14.5. The highest BCUT2D eigenvalue weighted by Gasteiger charge is 2.22. The van der Waals surface area contributed by atoms with E-state index in [-0.39, 0.29) is 11.3 Å². The summed E-state index contributed by atoms with van der Waals surface area (Å²) in [5.41, 5.74) is 7.64. The van der Waals surface area contributed by atoms with Crippen LogP contribution in [-0.2, 0) is 0 Å². The van der Waals surface area contributed by atoms with Crippen molar-refractivity contribution < 1.29 is 9.94 Å². The van der Waals surface area contributed by atoms with Crippen molar-refractivity contribution in [2.75, 3.05) is 6.61 Å². The Morgan fingerprint density at radius 2 is 1.89 bits per heavy atom. The highest BCUT2D eigenvalue weighted by atomic mass is 16.5. The molecule has 0 radical (unpaired) electrons. The summed E-state index contributed by atoms with van der Waals surface area (Å²) in [5, 5.41) is 11.8. The molecule has 0 unspecified atom stereocenters. The summed E-state index contributed by atoms with van der Waals surface area (Å²) in [4.78, 5) is 0. The summed E-state index contributed by atoms with van der Waals surface area (Å²) in [6, 6.07) is 6.12. The Morgan fingerprint density at radius 1 is 1.32 bits per heavy atom. The van der Waals surface area contributed by atoms with Crippen molar-refractivity contribution in [1.29, 1.82) is 0 Å². The maximum atomic E-state index is 8.71. The van der Waals surface area contributed by atoms with Crippen molar-refractivity contribution in [2.45, 2.75) is 40.5 Å². The van der Waals surface area contributed by atoms with Crippen molar-refractivity contribution in [3.63, 3.8) is 0 Å². The molecule has 0 saturated heterocycles. The summed E-state index contributed by atoms with van der Waals surface area (Å²) in [6.07, 6.45) is 1.67. The molecule has 0 aliphatic carbocycles. The molecule has 0 atom stereocenters. The van der Waals surface area contributed by atoms with Crippen LogP contribution in [0.4, 0.5) is 0 Å². The van der Waals surface area contributed by atoms with E-state index < -0.39 is 0 Å². The molecule has 19 heavy (non-hydrogen) atoms. The smallest absolute Gasteiger partial charge is 0.144 e. The number of aryl methyl sites for hydroxylation is 2. The van der Waals surface area contributed by atoms with Crippen LogP contribution in [0.5, 0.6) is 5.75 Å². The number of ether oxygens (including phenoxy) is 1. The van der Waals surface area contributed by atoms with Crippen LogP contribution >= 0.6 is 0 Å². The first kappa shape index (κ1) is 15.3. The first-order valence-electron chi connectivity index (χ1n) is 6.55. The summed E-state index contributed by atoms with van der Waals surface area (Å²) >= 11 is 0. The van der Waals surface area contributed by atoms with Crippen LogP contribution in [0.15, 0.2) is 23.4 Å². The van der Waals surface area contributed by atoms with Gasteiger partial charge in [-0.1, -0.05) is 37.2 Å². The van der Waals surface area contributed by atoms with E-state index in [0.29, 0.717) is 6.61 Å². The highest BCUT2D eigenvalue weighted by molar-refractivity contribution is 5.85. The monoisotopic (exact) mass is 264 g/mol. The molecule has 0 spiro atoms. The second-order valence-corrected chi connectivity index (χ2v) is 5.54. The average molecular weight is 264 g/mol. The van der Waals surface area contributed by atoms with Crippen LogP contribution < -0.4 is 10.5 Å². The van der Waals surface area contributed by atoms with Gasteiger partial charge in [-0.3, -0.25) is 0 Å². The molecule has 0 fully saturated rings. The third-order valence-corrected chi connectivity index (χ3v) is 3.40. The van der Waals surface area contributed by atoms with Gasteiger partial charge in [0.1, 0.15) is 11.6 Å². The number of nitrogens with two attached hydrogens (primary N) is 1. The van der Waals surface area contributed by atoms with Gasteiger partial charge in [0.05, 0.1) is 6.61 Å². The molecular weight excluding hydrogens is 240 g/mol. The molecule has 0 aromatic heterocycles.